The summed E-state index contributed by atoms with van der Waals surface area (Å²) in [6, 6.07) is 0.195. The van der Waals surface area contributed by atoms with E-state index in [2.05, 4.69) is 15.6 Å². The number of nitrogens with one attached hydrogen (secondary N) is 3. The number of aromatic amines is 1. The number of carbonyl (C=O) groups excluding carboxylic acids is 3. The number of aromatic nitrogens is 2. The third kappa shape index (κ3) is 8.21. The number of H-pyrrole nitrogens is 1. The molecule has 3 aliphatic heterocycles. The first-order chi connectivity index (χ1) is 21.9. The van der Waals surface area contributed by atoms with Crippen molar-refractivity contribution in [2.45, 2.75) is 114 Å². The van der Waals surface area contributed by atoms with Crippen LogP contribution < -0.4 is 27.6 Å². The predicted octanol–water partition coefficient (Wildman–Crippen LogP) is -1.97. The third-order valence-corrected chi connectivity index (χ3v) is 8.10. The molecule has 3 amide bonds. The summed E-state index contributed by atoms with van der Waals surface area (Å²) in [6.07, 6.45) is -5.17. The van der Waals surface area contributed by atoms with Gasteiger partial charge in [0.2, 0.25) is 18.1 Å². The van der Waals surface area contributed by atoms with Crippen molar-refractivity contribution in [1.29, 1.82) is 0 Å². The fourth-order valence-electron chi connectivity index (χ4n) is 5.66. The minimum Gasteiger partial charge on any atom is -0.456 e. The quantitative estimate of drug-likeness (QED) is 0.127. The Balaban J connectivity index is 1.55. The maximum atomic E-state index is 13.1. The van der Waals surface area contributed by atoms with Crippen LogP contribution in [0.5, 0.6) is 0 Å². The summed E-state index contributed by atoms with van der Waals surface area (Å²) in [4.78, 5) is 65.0. The predicted molar refractivity (Wildman–Crippen MR) is 158 cm³/mol. The minimum absolute atomic E-state index is 0.0579. The molecule has 2 fully saturated rings. The molecule has 4 rings (SSSR count). The van der Waals surface area contributed by atoms with E-state index in [0.717, 1.165) is 36.0 Å². The second kappa shape index (κ2) is 15.8. The first kappa shape index (κ1) is 35.2. The summed E-state index contributed by atoms with van der Waals surface area (Å²) < 4.78 is 30.3. The molecule has 0 bridgehead atoms. The zero-order valence-electron chi connectivity index (χ0n) is 26.0. The Bertz CT molecular complexity index is 1380. The van der Waals surface area contributed by atoms with Gasteiger partial charge in [0.05, 0.1) is 0 Å². The van der Waals surface area contributed by atoms with E-state index in [4.69, 9.17) is 29.4 Å². The normalized spacial score (nSPS) is 32.1. The van der Waals surface area contributed by atoms with Crippen molar-refractivity contribution < 1.29 is 48.3 Å². The number of hydrogen-bond donors (Lipinski definition) is 6. The molecule has 3 aliphatic rings. The standard InChI is InChI=1S/C29H43N5O12/c1-4-5-6-12-43-23-20(42-3)21(45-27(23)34-11-10-18(36)33-29(34)41)22(24(30)38)46-28-19(37)16(35)13-17(44-28)26(40)32-15-9-7-8-14(2)31-25(15)39/h10-11,13-16,19-23,27-28,35,37H,4-9,12H2,1-3H3,(H2,30,38)(H,31,39)(H,32,40)(H,33,36,41). The van der Waals surface area contributed by atoms with Crippen molar-refractivity contribution in [2.75, 3.05) is 13.7 Å². The number of nitrogens with zero attached hydrogens (tertiary/aromatic N) is 1. The molecule has 1 aromatic heterocycles. The Morgan fingerprint density at radius 3 is 2.63 bits per heavy atom. The minimum atomic E-state index is -1.80. The van der Waals surface area contributed by atoms with E-state index in [0.29, 0.717) is 19.3 Å². The summed E-state index contributed by atoms with van der Waals surface area (Å²) in [7, 11) is 1.32. The number of aliphatic hydroxyl groups is 2. The highest BCUT2D eigenvalue weighted by Crippen LogP contribution is 2.36. The maximum Gasteiger partial charge on any atom is 0.330 e. The van der Waals surface area contributed by atoms with Gasteiger partial charge < -0.3 is 50.3 Å². The summed E-state index contributed by atoms with van der Waals surface area (Å²) in [6.45, 7) is 4.12. The topological polar surface area (TPSA) is 243 Å². The van der Waals surface area contributed by atoms with Crippen molar-refractivity contribution in [3.8, 4) is 0 Å². The van der Waals surface area contributed by atoms with Gasteiger partial charge in [-0.2, -0.15) is 0 Å². The Hall–Kier alpha value is -3.61. The van der Waals surface area contributed by atoms with Crippen LogP contribution in [-0.2, 0) is 38.1 Å². The number of ether oxygens (including phenoxy) is 5. The van der Waals surface area contributed by atoms with Gasteiger partial charge in [-0.3, -0.25) is 28.7 Å². The highest BCUT2D eigenvalue weighted by Gasteiger charge is 2.53. The van der Waals surface area contributed by atoms with E-state index in [1.807, 2.05) is 13.8 Å². The van der Waals surface area contributed by atoms with E-state index in [1.54, 1.807) is 0 Å². The van der Waals surface area contributed by atoms with Crippen LogP contribution in [0.3, 0.4) is 0 Å². The molecular weight excluding hydrogens is 610 g/mol. The van der Waals surface area contributed by atoms with E-state index in [9.17, 15) is 34.2 Å². The van der Waals surface area contributed by atoms with Crippen molar-refractivity contribution >= 4 is 17.7 Å². The first-order valence-corrected chi connectivity index (χ1v) is 15.4. The average Bonchev–Trinajstić information content (AvgIpc) is 3.27. The highest BCUT2D eigenvalue weighted by atomic mass is 16.7. The van der Waals surface area contributed by atoms with Crippen molar-refractivity contribution in [2.24, 2.45) is 5.73 Å². The lowest BCUT2D eigenvalue weighted by atomic mass is 10.0. The van der Waals surface area contributed by atoms with Crippen LogP contribution in [0.2, 0.25) is 0 Å². The van der Waals surface area contributed by atoms with Crippen LogP contribution in [0, 0.1) is 0 Å². The van der Waals surface area contributed by atoms with E-state index in [-0.39, 0.29) is 18.6 Å². The van der Waals surface area contributed by atoms with E-state index in [1.165, 1.54) is 13.3 Å². The van der Waals surface area contributed by atoms with Crippen LogP contribution in [0.4, 0.5) is 0 Å². The molecule has 10 unspecified atom stereocenters. The molecule has 256 valence electrons. The highest BCUT2D eigenvalue weighted by molar-refractivity contribution is 5.95. The van der Waals surface area contributed by atoms with Gasteiger partial charge in [-0.1, -0.05) is 19.8 Å². The Morgan fingerprint density at radius 1 is 1.20 bits per heavy atom. The molecule has 7 N–H and O–H groups in total. The van der Waals surface area contributed by atoms with Crippen molar-refractivity contribution in [3.05, 3.63) is 44.9 Å². The zero-order chi connectivity index (χ0) is 33.5. The number of primary amides is 1. The monoisotopic (exact) mass is 653 g/mol. The second-order valence-corrected chi connectivity index (χ2v) is 11.6. The molecule has 17 nitrogen and oxygen atoms in total. The molecule has 17 heteroatoms. The van der Waals surface area contributed by atoms with Gasteiger partial charge >= 0.3 is 5.69 Å². The Labute approximate surface area is 264 Å². The van der Waals surface area contributed by atoms with E-state index >= 15 is 0 Å². The molecule has 0 aliphatic carbocycles. The average molecular weight is 654 g/mol. The number of rotatable bonds is 13. The molecule has 0 saturated carbocycles. The zero-order valence-corrected chi connectivity index (χ0v) is 26.0. The number of amides is 3. The summed E-state index contributed by atoms with van der Waals surface area (Å²) in [5, 5.41) is 26.6. The number of nitrogens with two attached hydrogens (primary N) is 1. The lowest BCUT2D eigenvalue weighted by Gasteiger charge is -2.35. The number of carbonyl (C=O) groups is 3. The van der Waals surface area contributed by atoms with Crippen molar-refractivity contribution in [3.63, 3.8) is 0 Å². The molecule has 10 atom stereocenters. The van der Waals surface area contributed by atoms with Gasteiger partial charge in [0, 0.05) is 32.0 Å². The van der Waals surface area contributed by atoms with Crippen LogP contribution in [-0.4, -0.2) is 106 Å². The summed E-state index contributed by atoms with van der Waals surface area (Å²) in [5.41, 5.74) is 4.27. The largest absolute Gasteiger partial charge is 0.456 e. The van der Waals surface area contributed by atoms with Gasteiger partial charge in [-0.15, -0.1) is 0 Å². The smallest absolute Gasteiger partial charge is 0.330 e. The molecular formula is C29H43N5O12. The van der Waals surface area contributed by atoms with Crippen LogP contribution >= 0.6 is 0 Å². The second-order valence-electron chi connectivity index (χ2n) is 11.6. The lowest BCUT2D eigenvalue weighted by Crippen LogP contribution is -2.54. The molecule has 46 heavy (non-hydrogen) atoms. The first-order valence-electron chi connectivity index (χ1n) is 15.4. The van der Waals surface area contributed by atoms with Gasteiger partial charge in [0.15, 0.2) is 18.1 Å². The SMILES string of the molecule is CCCCCOC1C(OC)C(C(OC2OC(C(=O)NC3CCCC(C)NC3=O)=CC(O)C2O)C(N)=O)OC1n1ccc(=O)[nH]c1=O. The number of unbranched alkanes of at least 4 members (excludes halogenated alkanes) is 2. The number of methoxy groups -OCH3 is 1. The van der Waals surface area contributed by atoms with Crippen molar-refractivity contribution in [1.82, 2.24) is 20.2 Å². The fraction of sp³-hybridized carbons (Fsp3) is 0.690. The van der Waals surface area contributed by atoms with E-state index < -0.39 is 84.0 Å². The van der Waals surface area contributed by atoms with Gasteiger partial charge in [0.1, 0.15) is 36.6 Å². The molecule has 0 radical (unpaired) electrons. The van der Waals surface area contributed by atoms with Gasteiger partial charge in [-0.25, -0.2) is 4.79 Å². The lowest BCUT2D eigenvalue weighted by molar-refractivity contribution is -0.241. The summed E-state index contributed by atoms with van der Waals surface area (Å²) in [5.74, 6) is -2.76. The van der Waals surface area contributed by atoms with Crippen LogP contribution in [0.1, 0.15) is 58.6 Å². The Morgan fingerprint density at radius 2 is 1.96 bits per heavy atom. The number of aliphatic hydroxyl groups excluding tert-OH is 2. The molecule has 0 aromatic carbocycles. The molecule has 4 heterocycles. The van der Waals surface area contributed by atoms with Crippen LogP contribution in [0.25, 0.3) is 0 Å². The third-order valence-electron chi connectivity index (χ3n) is 8.10. The fourth-order valence-corrected chi connectivity index (χ4v) is 5.66. The molecule has 2 saturated heterocycles. The summed E-state index contributed by atoms with van der Waals surface area (Å²) >= 11 is 0. The van der Waals surface area contributed by atoms with Gasteiger partial charge in [0.25, 0.3) is 11.5 Å². The van der Waals surface area contributed by atoms with Crippen LogP contribution in [0.15, 0.2) is 33.7 Å². The van der Waals surface area contributed by atoms with Gasteiger partial charge in [-0.05, 0) is 38.7 Å². The molecule has 0 spiro atoms. The number of hydrogen-bond acceptors (Lipinski definition) is 12. The maximum absolute atomic E-state index is 13.1. The molecule has 1 aromatic rings. The Kier molecular flexibility index (Phi) is 12.1.